The van der Waals surface area contributed by atoms with Crippen LogP contribution >= 0.6 is 0 Å². The van der Waals surface area contributed by atoms with Crippen molar-refractivity contribution < 1.29 is 4.79 Å². The molecule has 0 atom stereocenters. The van der Waals surface area contributed by atoms with E-state index in [1.54, 1.807) is 6.92 Å². The summed E-state index contributed by atoms with van der Waals surface area (Å²) in [6.07, 6.45) is 0. The lowest BCUT2D eigenvalue weighted by molar-refractivity contribution is -0.129. The SMILES string of the molecule is CC(=O)N1CCN(c2ccc(N)c(C)c2C)CC1. The lowest BCUT2D eigenvalue weighted by Crippen LogP contribution is -2.48. The van der Waals surface area contributed by atoms with E-state index in [-0.39, 0.29) is 5.91 Å². The van der Waals surface area contributed by atoms with Gasteiger partial charge < -0.3 is 15.5 Å². The van der Waals surface area contributed by atoms with Gasteiger partial charge >= 0.3 is 0 Å². The van der Waals surface area contributed by atoms with Crippen molar-refractivity contribution in [2.75, 3.05) is 36.8 Å². The normalized spacial score (nSPS) is 15.9. The van der Waals surface area contributed by atoms with Crippen LogP contribution < -0.4 is 10.6 Å². The largest absolute Gasteiger partial charge is 0.399 e. The fourth-order valence-electron chi connectivity index (χ4n) is 2.43. The van der Waals surface area contributed by atoms with Crippen LogP contribution in [-0.4, -0.2) is 37.0 Å². The van der Waals surface area contributed by atoms with E-state index in [1.165, 1.54) is 11.3 Å². The predicted molar refractivity (Wildman–Crippen MR) is 74.8 cm³/mol. The maximum atomic E-state index is 11.3. The third-order valence-corrected chi connectivity index (χ3v) is 3.87. The second-order valence-electron chi connectivity index (χ2n) is 4.92. The Bertz CT molecular complexity index is 462. The zero-order valence-corrected chi connectivity index (χ0v) is 11.4. The Labute approximate surface area is 108 Å². The van der Waals surface area contributed by atoms with Crippen molar-refractivity contribution in [1.82, 2.24) is 4.90 Å². The predicted octanol–water partition coefficient (Wildman–Crippen LogP) is 1.55. The molecule has 0 unspecified atom stereocenters. The van der Waals surface area contributed by atoms with Gasteiger partial charge in [0.2, 0.25) is 5.91 Å². The molecule has 98 valence electrons. The Hall–Kier alpha value is -1.71. The highest BCUT2D eigenvalue weighted by Gasteiger charge is 2.20. The minimum Gasteiger partial charge on any atom is -0.399 e. The molecule has 0 saturated carbocycles. The summed E-state index contributed by atoms with van der Waals surface area (Å²) in [5.74, 6) is 0.167. The minimum absolute atomic E-state index is 0.167. The smallest absolute Gasteiger partial charge is 0.219 e. The molecule has 0 radical (unpaired) electrons. The Morgan fingerprint density at radius 3 is 2.28 bits per heavy atom. The summed E-state index contributed by atoms with van der Waals surface area (Å²) < 4.78 is 0. The summed E-state index contributed by atoms with van der Waals surface area (Å²) >= 11 is 0. The van der Waals surface area contributed by atoms with E-state index < -0.39 is 0 Å². The van der Waals surface area contributed by atoms with Crippen molar-refractivity contribution in [1.29, 1.82) is 0 Å². The van der Waals surface area contributed by atoms with Crippen molar-refractivity contribution in [3.63, 3.8) is 0 Å². The average molecular weight is 247 g/mol. The van der Waals surface area contributed by atoms with E-state index in [2.05, 4.69) is 24.8 Å². The Kier molecular flexibility index (Phi) is 3.45. The van der Waals surface area contributed by atoms with Gasteiger partial charge in [0, 0.05) is 44.5 Å². The van der Waals surface area contributed by atoms with E-state index in [0.29, 0.717) is 0 Å². The van der Waals surface area contributed by atoms with E-state index in [0.717, 1.165) is 37.4 Å². The molecule has 1 heterocycles. The highest BCUT2D eigenvalue weighted by Crippen LogP contribution is 2.27. The van der Waals surface area contributed by atoms with E-state index in [4.69, 9.17) is 5.73 Å². The van der Waals surface area contributed by atoms with Gasteiger partial charge in [-0.3, -0.25) is 4.79 Å². The number of anilines is 2. The topological polar surface area (TPSA) is 49.6 Å². The van der Waals surface area contributed by atoms with Crippen LogP contribution in [0.3, 0.4) is 0 Å². The minimum atomic E-state index is 0.167. The van der Waals surface area contributed by atoms with Gasteiger partial charge in [-0.25, -0.2) is 0 Å². The van der Waals surface area contributed by atoms with E-state index in [1.807, 2.05) is 11.0 Å². The lowest BCUT2D eigenvalue weighted by atomic mass is 10.0. The highest BCUT2D eigenvalue weighted by molar-refractivity contribution is 5.73. The van der Waals surface area contributed by atoms with E-state index >= 15 is 0 Å². The first-order valence-electron chi connectivity index (χ1n) is 6.37. The number of nitrogen functional groups attached to an aromatic ring is 1. The molecule has 4 heteroatoms. The van der Waals surface area contributed by atoms with Gasteiger partial charge in [0.05, 0.1) is 0 Å². The Morgan fingerprint density at radius 1 is 1.11 bits per heavy atom. The first kappa shape index (κ1) is 12.7. The molecule has 1 saturated heterocycles. The molecule has 1 amide bonds. The molecular weight excluding hydrogens is 226 g/mol. The van der Waals surface area contributed by atoms with Crippen LogP contribution in [0.25, 0.3) is 0 Å². The van der Waals surface area contributed by atoms with Crippen LogP contribution in [0.15, 0.2) is 12.1 Å². The van der Waals surface area contributed by atoms with Gasteiger partial charge in [0.1, 0.15) is 0 Å². The van der Waals surface area contributed by atoms with E-state index in [9.17, 15) is 4.79 Å². The Morgan fingerprint density at radius 2 is 1.72 bits per heavy atom. The third-order valence-electron chi connectivity index (χ3n) is 3.87. The van der Waals surface area contributed by atoms with Crippen LogP contribution in [0.4, 0.5) is 11.4 Å². The van der Waals surface area contributed by atoms with Crippen LogP contribution in [0, 0.1) is 13.8 Å². The quantitative estimate of drug-likeness (QED) is 0.766. The molecule has 1 aromatic carbocycles. The second-order valence-corrected chi connectivity index (χ2v) is 4.92. The Balaban J connectivity index is 2.15. The number of hydrogen-bond acceptors (Lipinski definition) is 3. The maximum Gasteiger partial charge on any atom is 0.219 e. The van der Waals surface area contributed by atoms with Crippen LogP contribution in [-0.2, 0) is 4.79 Å². The average Bonchev–Trinajstić information content (AvgIpc) is 2.36. The van der Waals surface area contributed by atoms with Gasteiger partial charge in [-0.15, -0.1) is 0 Å². The number of rotatable bonds is 1. The van der Waals surface area contributed by atoms with Crippen molar-refractivity contribution in [3.05, 3.63) is 23.3 Å². The fraction of sp³-hybridized carbons (Fsp3) is 0.500. The first-order valence-corrected chi connectivity index (χ1v) is 6.37. The standard InChI is InChI=1S/C14H21N3O/c1-10-11(2)14(5-4-13(10)15)17-8-6-16(7-9-17)12(3)18/h4-5H,6-9,15H2,1-3H3. The zero-order chi connectivity index (χ0) is 13.3. The molecule has 0 bridgehead atoms. The van der Waals surface area contributed by atoms with Crippen molar-refractivity contribution in [2.45, 2.75) is 20.8 Å². The number of nitrogens with zero attached hydrogens (tertiary/aromatic N) is 2. The van der Waals surface area contributed by atoms with Gasteiger partial charge in [-0.1, -0.05) is 0 Å². The number of benzene rings is 1. The molecule has 1 aliphatic rings. The number of nitrogens with two attached hydrogens (primary N) is 1. The van der Waals surface area contributed by atoms with Crippen LogP contribution in [0.5, 0.6) is 0 Å². The third kappa shape index (κ3) is 2.28. The number of amides is 1. The summed E-state index contributed by atoms with van der Waals surface area (Å²) in [5, 5.41) is 0. The van der Waals surface area contributed by atoms with Gasteiger partial charge in [-0.2, -0.15) is 0 Å². The van der Waals surface area contributed by atoms with Gasteiger partial charge in [0.15, 0.2) is 0 Å². The molecule has 18 heavy (non-hydrogen) atoms. The second kappa shape index (κ2) is 4.88. The molecule has 0 spiro atoms. The molecule has 2 N–H and O–H groups in total. The summed E-state index contributed by atoms with van der Waals surface area (Å²) in [4.78, 5) is 15.5. The number of carbonyl (C=O) groups is 1. The molecule has 1 fully saturated rings. The zero-order valence-electron chi connectivity index (χ0n) is 11.4. The molecule has 1 aromatic rings. The highest BCUT2D eigenvalue weighted by atomic mass is 16.2. The molecule has 2 rings (SSSR count). The molecule has 0 aliphatic carbocycles. The summed E-state index contributed by atoms with van der Waals surface area (Å²) in [6.45, 7) is 9.19. The summed E-state index contributed by atoms with van der Waals surface area (Å²) in [6, 6.07) is 4.05. The number of piperazine rings is 1. The van der Waals surface area contributed by atoms with Crippen molar-refractivity contribution >= 4 is 17.3 Å². The first-order chi connectivity index (χ1) is 8.50. The molecule has 4 nitrogen and oxygen atoms in total. The fourth-order valence-corrected chi connectivity index (χ4v) is 2.43. The summed E-state index contributed by atoms with van der Waals surface area (Å²) in [7, 11) is 0. The van der Waals surface area contributed by atoms with Crippen LogP contribution in [0.2, 0.25) is 0 Å². The number of carbonyl (C=O) groups excluding carboxylic acids is 1. The molecule has 1 aliphatic heterocycles. The summed E-state index contributed by atoms with van der Waals surface area (Å²) in [5.41, 5.74) is 10.4. The van der Waals surface area contributed by atoms with Crippen molar-refractivity contribution in [3.8, 4) is 0 Å². The lowest BCUT2D eigenvalue weighted by Gasteiger charge is -2.36. The maximum absolute atomic E-state index is 11.3. The van der Waals surface area contributed by atoms with Gasteiger partial charge in [-0.05, 0) is 37.1 Å². The monoisotopic (exact) mass is 247 g/mol. The van der Waals surface area contributed by atoms with Crippen molar-refractivity contribution in [2.24, 2.45) is 0 Å². The van der Waals surface area contributed by atoms with Crippen LogP contribution in [0.1, 0.15) is 18.1 Å². The molecule has 0 aromatic heterocycles. The molecular formula is C14H21N3O. The van der Waals surface area contributed by atoms with Gasteiger partial charge in [0.25, 0.3) is 0 Å². The number of hydrogen-bond donors (Lipinski definition) is 1.